The van der Waals surface area contributed by atoms with E-state index in [9.17, 15) is 14.0 Å². The van der Waals surface area contributed by atoms with Crippen molar-refractivity contribution in [2.45, 2.75) is 18.6 Å². The summed E-state index contributed by atoms with van der Waals surface area (Å²) in [5, 5.41) is 3.32. The summed E-state index contributed by atoms with van der Waals surface area (Å²) in [6.07, 6.45) is 4.30. The van der Waals surface area contributed by atoms with Gasteiger partial charge in [-0.25, -0.2) is 9.37 Å². The Hall–Kier alpha value is -3.40. The molecule has 1 aliphatic heterocycles. The summed E-state index contributed by atoms with van der Waals surface area (Å²) in [4.78, 5) is 30.5. The van der Waals surface area contributed by atoms with Crippen LogP contribution in [-0.4, -0.2) is 48.3 Å². The average Bonchev–Trinajstić information content (AvgIpc) is 3.24. The standard InChI is InChI=1S/C23H22FN3O5/c1-30-19-9-10-23(31-2,32-19)14-26-21(28)18-12-16-4-3-11-25-20(16)27(22(18)29)13-15-5-7-17(24)8-6-15/h3-12,19H,13-14H2,1-2H3,(H,26,28). The lowest BCUT2D eigenvalue weighted by molar-refractivity contribution is -0.238. The van der Waals surface area contributed by atoms with E-state index in [1.54, 1.807) is 42.6 Å². The molecule has 3 heterocycles. The van der Waals surface area contributed by atoms with Crippen LogP contribution in [0, 0.1) is 5.82 Å². The summed E-state index contributed by atoms with van der Waals surface area (Å²) in [5.74, 6) is -2.15. The van der Waals surface area contributed by atoms with Crippen LogP contribution in [0.1, 0.15) is 15.9 Å². The second-order valence-electron chi connectivity index (χ2n) is 7.27. The molecule has 0 radical (unpaired) electrons. The first-order valence-electron chi connectivity index (χ1n) is 9.91. The van der Waals surface area contributed by atoms with Crippen LogP contribution in [0.2, 0.25) is 0 Å². The molecular weight excluding hydrogens is 417 g/mol. The molecule has 0 fully saturated rings. The number of pyridine rings is 2. The molecule has 0 saturated carbocycles. The zero-order chi connectivity index (χ0) is 22.7. The van der Waals surface area contributed by atoms with Crippen LogP contribution in [0.5, 0.6) is 0 Å². The molecule has 0 saturated heterocycles. The van der Waals surface area contributed by atoms with Gasteiger partial charge in [-0.3, -0.25) is 14.2 Å². The van der Waals surface area contributed by atoms with Crippen molar-refractivity contribution in [2.75, 3.05) is 20.8 Å². The quantitative estimate of drug-likeness (QED) is 0.568. The average molecular weight is 439 g/mol. The van der Waals surface area contributed by atoms with Crippen LogP contribution in [-0.2, 0) is 20.8 Å². The smallest absolute Gasteiger partial charge is 0.265 e. The number of hydrogen-bond acceptors (Lipinski definition) is 6. The minimum absolute atomic E-state index is 0.0266. The molecule has 0 aliphatic carbocycles. The normalized spacial score (nSPS) is 20.0. The molecule has 3 aromatic rings. The van der Waals surface area contributed by atoms with Crippen LogP contribution >= 0.6 is 0 Å². The largest absolute Gasteiger partial charge is 0.352 e. The van der Waals surface area contributed by atoms with E-state index in [1.165, 1.54) is 37.0 Å². The molecule has 1 N–H and O–H groups in total. The third kappa shape index (κ3) is 4.31. The first-order valence-corrected chi connectivity index (χ1v) is 9.91. The van der Waals surface area contributed by atoms with Crippen molar-refractivity contribution in [1.29, 1.82) is 0 Å². The van der Waals surface area contributed by atoms with E-state index >= 15 is 0 Å². The Labute approximate surface area is 183 Å². The van der Waals surface area contributed by atoms with Gasteiger partial charge in [0.25, 0.3) is 11.5 Å². The van der Waals surface area contributed by atoms with Gasteiger partial charge >= 0.3 is 0 Å². The number of aromatic nitrogens is 2. The molecule has 0 bridgehead atoms. The van der Waals surface area contributed by atoms with Crippen molar-refractivity contribution in [1.82, 2.24) is 14.9 Å². The lowest BCUT2D eigenvalue weighted by Gasteiger charge is -2.27. The Morgan fingerprint density at radius 2 is 2.06 bits per heavy atom. The fraction of sp³-hybridized carbons (Fsp3) is 0.261. The molecule has 2 unspecified atom stereocenters. The molecule has 8 nitrogen and oxygen atoms in total. The fourth-order valence-electron chi connectivity index (χ4n) is 3.50. The lowest BCUT2D eigenvalue weighted by atomic mass is 10.1. The monoisotopic (exact) mass is 439 g/mol. The molecule has 1 aliphatic rings. The summed E-state index contributed by atoms with van der Waals surface area (Å²) < 4.78 is 30.9. The molecule has 1 aromatic carbocycles. The topological polar surface area (TPSA) is 91.7 Å². The minimum atomic E-state index is -1.19. The van der Waals surface area contributed by atoms with E-state index in [2.05, 4.69) is 10.3 Å². The number of hydrogen-bond donors (Lipinski definition) is 1. The summed E-state index contributed by atoms with van der Waals surface area (Å²) >= 11 is 0. The number of carbonyl (C=O) groups excluding carboxylic acids is 1. The first kappa shape index (κ1) is 21.8. The molecule has 4 rings (SSSR count). The van der Waals surface area contributed by atoms with Crippen molar-refractivity contribution in [2.24, 2.45) is 0 Å². The van der Waals surface area contributed by atoms with Crippen LogP contribution < -0.4 is 10.9 Å². The molecule has 2 atom stereocenters. The number of ether oxygens (including phenoxy) is 3. The van der Waals surface area contributed by atoms with E-state index in [0.29, 0.717) is 16.6 Å². The van der Waals surface area contributed by atoms with Crippen LogP contribution in [0.4, 0.5) is 4.39 Å². The summed E-state index contributed by atoms with van der Waals surface area (Å²) in [7, 11) is 2.94. The van der Waals surface area contributed by atoms with E-state index in [0.717, 1.165) is 0 Å². The first-order chi connectivity index (χ1) is 15.4. The number of nitrogens with zero attached hydrogens (tertiary/aromatic N) is 2. The molecule has 9 heteroatoms. The summed E-state index contributed by atoms with van der Waals surface area (Å²) in [6, 6.07) is 10.8. The number of carbonyl (C=O) groups is 1. The number of benzene rings is 1. The van der Waals surface area contributed by atoms with Gasteiger partial charge in [0, 0.05) is 25.8 Å². The molecular formula is C23H22FN3O5. The third-order valence-corrected chi connectivity index (χ3v) is 5.24. The number of methoxy groups -OCH3 is 2. The maximum atomic E-state index is 13.3. The highest BCUT2D eigenvalue weighted by atomic mass is 19.1. The molecule has 2 aromatic heterocycles. The van der Waals surface area contributed by atoms with Crippen LogP contribution in [0.25, 0.3) is 11.0 Å². The zero-order valence-electron chi connectivity index (χ0n) is 17.6. The molecule has 0 spiro atoms. The number of rotatable bonds is 7. The van der Waals surface area contributed by atoms with Gasteiger partial charge in [-0.05, 0) is 48.0 Å². The highest BCUT2D eigenvalue weighted by molar-refractivity contribution is 5.96. The maximum absolute atomic E-state index is 13.3. The Morgan fingerprint density at radius 3 is 2.75 bits per heavy atom. The van der Waals surface area contributed by atoms with Crippen LogP contribution in [0.3, 0.4) is 0 Å². The number of halogens is 1. The highest BCUT2D eigenvalue weighted by Gasteiger charge is 2.36. The Balaban J connectivity index is 1.64. The molecule has 32 heavy (non-hydrogen) atoms. The minimum Gasteiger partial charge on any atom is -0.352 e. The predicted molar refractivity (Wildman–Crippen MR) is 115 cm³/mol. The Morgan fingerprint density at radius 1 is 1.28 bits per heavy atom. The van der Waals surface area contributed by atoms with Gasteiger partial charge in [0.05, 0.1) is 13.1 Å². The Kier molecular flexibility index (Phi) is 6.13. The Bertz CT molecular complexity index is 1220. The SMILES string of the molecule is COC1C=CC(CNC(=O)c2cc3cccnc3n(Cc3ccc(F)cc3)c2=O)(OC)O1. The second kappa shape index (κ2) is 8.99. The van der Waals surface area contributed by atoms with Crippen molar-refractivity contribution in [3.8, 4) is 0 Å². The van der Waals surface area contributed by atoms with E-state index in [-0.39, 0.29) is 24.5 Å². The van der Waals surface area contributed by atoms with Crippen molar-refractivity contribution >= 4 is 16.9 Å². The van der Waals surface area contributed by atoms with Gasteiger partial charge in [0.15, 0.2) is 6.29 Å². The van der Waals surface area contributed by atoms with Gasteiger partial charge in [-0.1, -0.05) is 12.1 Å². The van der Waals surface area contributed by atoms with Crippen molar-refractivity contribution in [3.63, 3.8) is 0 Å². The molecule has 166 valence electrons. The van der Waals surface area contributed by atoms with Crippen molar-refractivity contribution < 1.29 is 23.4 Å². The number of nitrogens with one attached hydrogen (secondary N) is 1. The van der Waals surface area contributed by atoms with Gasteiger partial charge < -0.3 is 19.5 Å². The third-order valence-electron chi connectivity index (χ3n) is 5.24. The lowest BCUT2D eigenvalue weighted by Crippen LogP contribution is -2.45. The highest BCUT2D eigenvalue weighted by Crippen LogP contribution is 2.24. The van der Waals surface area contributed by atoms with Gasteiger partial charge in [-0.15, -0.1) is 0 Å². The van der Waals surface area contributed by atoms with Gasteiger partial charge in [-0.2, -0.15) is 0 Å². The molecule has 1 amide bonds. The second-order valence-corrected chi connectivity index (χ2v) is 7.27. The predicted octanol–water partition coefficient (Wildman–Crippen LogP) is 2.22. The van der Waals surface area contributed by atoms with Crippen molar-refractivity contribution in [3.05, 3.63) is 88.1 Å². The zero-order valence-corrected chi connectivity index (χ0v) is 17.6. The van der Waals surface area contributed by atoms with Gasteiger partial charge in [0.2, 0.25) is 5.79 Å². The number of fused-ring (bicyclic) bond motifs is 1. The van der Waals surface area contributed by atoms with E-state index < -0.39 is 23.5 Å². The fourth-order valence-corrected chi connectivity index (χ4v) is 3.50. The van der Waals surface area contributed by atoms with Gasteiger partial charge in [0.1, 0.15) is 17.0 Å². The van der Waals surface area contributed by atoms with E-state index in [1.807, 2.05) is 0 Å². The summed E-state index contributed by atoms with van der Waals surface area (Å²) in [6.45, 7) is 0.109. The summed E-state index contributed by atoms with van der Waals surface area (Å²) in [5.41, 5.74) is 0.564. The maximum Gasteiger partial charge on any atom is 0.265 e. The number of amides is 1. The van der Waals surface area contributed by atoms with E-state index in [4.69, 9.17) is 14.2 Å². The van der Waals surface area contributed by atoms with Crippen LogP contribution in [0.15, 0.2) is 65.6 Å².